The topological polar surface area (TPSA) is 43.4 Å². The molecule has 1 aliphatic heterocycles. The molecule has 0 aliphatic carbocycles. The predicted molar refractivity (Wildman–Crippen MR) is 54.6 cm³/mol. The number of ketones is 1. The summed E-state index contributed by atoms with van der Waals surface area (Å²) in [6.07, 6.45) is 0.506. The average molecular weight is 204 g/mol. The highest BCUT2D eigenvalue weighted by Gasteiger charge is 2.33. The van der Waals surface area contributed by atoms with Crippen LogP contribution in [0, 0.1) is 12.8 Å². The first-order valence-corrected chi connectivity index (χ1v) is 4.96. The van der Waals surface area contributed by atoms with Crippen LogP contribution in [0.2, 0.25) is 0 Å². The van der Waals surface area contributed by atoms with Crippen molar-refractivity contribution in [1.29, 1.82) is 0 Å². The van der Waals surface area contributed by atoms with Gasteiger partial charge in [0.05, 0.1) is 6.61 Å². The molecule has 0 radical (unpaired) electrons. The van der Waals surface area contributed by atoms with E-state index in [0.29, 0.717) is 18.6 Å². The highest BCUT2D eigenvalue weighted by Crippen LogP contribution is 2.20. The van der Waals surface area contributed by atoms with E-state index >= 15 is 0 Å². The van der Waals surface area contributed by atoms with Gasteiger partial charge < -0.3 is 4.74 Å². The summed E-state index contributed by atoms with van der Waals surface area (Å²) in [6, 6.07) is 7.28. The lowest BCUT2D eigenvalue weighted by molar-refractivity contribution is -0.140. The van der Waals surface area contributed by atoms with Crippen LogP contribution in [-0.2, 0) is 9.53 Å². The number of hydrogen-bond donors (Lipinski definition) is 0. The molecule has 1 heterocycles. The van der Waals surface area contributed by atoms with Gasteiger partial charge in [0.2, 0.25) is 0 Å². The Morgan fingerprint density at radius 2 is 2.27 bits per heavy atom. The number of rotatable bonds is 2. The summed E-state index contributed by atoms with van der Waals surface area (Å²) < 4.78 is 4.78. The normalized spacial score (nSPS) is 20.1. The van der Waals surface area contributed by atoms with Crippen molar-refractivity contribution >= 4 is 11.8 Å². The zero-order chi connectivity index (χ0) is 10.8. The summed E-state index contributed by atoms with van der Waals surface area (Å²) in [5.74, 6) is -1.10. The van der Waals surface area contributed by atoms with Crippen LogP contribution >= 0.6 is 0 Å². The van der Waals surface area contributed by atoms with Crippen molar-refractivity contribution in [2.24, 2.45) is 5.92 Å². The van der Waals surface area contributed by atoms with Gasteiger partial charge in [-0.1, -0.05) is 23.8 Å². The molecule has 3 nitrogen and oxygen atoms in total. The molecule has 0 aromatic heterocycles. The lowest BCUT2D eigenvalue weighted by Gasteiger charge is -2.05. The number of aryl methyl sites for hydroxylation is 1. The SMILES string of the molecule is Cc1cccc(C(=O)C2CCOC2=O)c1. The highest BCUT2D eigenvalue weighted by molar-refractivity contribution is 6.09. The molecule has 1 fully saturated rings. The van der Waals surface area contributed by atoms with E-state index in [1.54, 1.807) is 12.1 Å². The maximum absolute atomic E-state index is 11.9. The Balaban J connectivity index is 2.24. The fourth-order valence-electron chi connectivity index (χ4n) is 1.73. The minimum absolute atomic E-state index is 0.124. The number of hydrogen-bond acceptors (Lipinski definition) is 3. The Hall–Kier alpha value is -1.64. The number of carbonyl (C=O) groups is 2. The van der Waals surface area contributed by atoms with E-state index in [0.717, 1.165) is 5.56 Å². The smallest absolute Gasteiger partial charge is 0.316 e. The van der Waals surface area contributed by atoms with E-state index in [2.05, 4.69) is 0 Å². The van der Waals surface area contributed by atoms with Gasteiger partial charge in [-0.05, 0) is 13.0 Å². The van der Waals surface area contributed by atoms with Gasteiger partial charge >= 0.3 is 5.97 Å². The fourth-order valence-corrected chi connectivity index (χ4v) is 1.73. The summed E-state index contributed by atoms with van der Waals surface area (Å²) in [5.41, 5.74) is 1.62. The summed E-state index contributed by atoms with van der Waals surface area (Å²) in [6.45, 7) is 2.28. The van der Waals surface area contributed by atoms with Gasteiger partial charge in [0.15, 0.2) is 5.78 Å². The predicted octanol–water partition coefficient (Wildman–Crippen LogP) is 1.74. The standard InChI is InChI=1S/C12H12O3/c1-8-3-2-4-9(7-8)11(13)10-5-6-15-12(10)14/h2-4,7,10H,5-6H2,1H3. The molecular formula is C12H12O3. The first-order valence-electron chi connectivity index (χ1n) is 4.96. The summed E-state index contributed by atoms with van der Waals surface area (Å²) in [7, 11) is 0. The van der Waals surface area contributed by atoms with E-state index in [4.69, 9.17) is 4.74 Å². The maximum atomic E-state index is 11.9. The molecule has 1 aromatic rings. The van der Waals surface area contributed by atoms with Crippen LogP contribution in [0.4, 0.5) is 0 Å². The molecule has 3 heteroatoms. The fraction of sp³-hybridized carbons (Fsp3) is 0.333. The number of cyclic esters (lactones) is 1. The molecule has 0 spiro atoms. The maximum Gasteiger partial charge on any atom is 0.316 e. The van der Waals surface area contributed by atoms with Crippen LogP contribution < -0.4 is 0 Å². The Morgan fingerprint density at radius 3 is 2.87 bits per heavy atom. The van der Waals surface area contributed by atoms with Crippen molar-refractivity contribution < 1.29 is 14.3 Å². The second-order valence-corrected chi connectivity index (χ2v) is 3.74. The Kier molecular flexibility index (Phi) is 2.54. The third-order valence-electron chi connectivity index (χ3n) is 2.55. The Labute approximate surface area is 88.1 Å². The van der Waals surface area contributed by atoms with Crippen LogP contribution in [0.25, 0.3) is 0 Å². The molecule has 2 rings (SSSR count). The van der Waals surface area contributed by atoms with Crippen LogP contribution in [0.5, 0.6) is 0 Å². The number of Topliss-reactive ketones (excluding diaryl/α,β-unsaturated/α-hetero) is 1. The van der Waals surface area contributed by atoms with Crippen LogP contribution in [0.1, 0.15) is 22.3 Å². The number of benzene rings is 1. The minimum Gasteiger partial charge on any atom is -0.465 e. The second-order valence-electron chi connectivity index (χ2n) is 3.74. The van der Waals surface area contributed by atoms with Crippen molar-refractivity contribution in [3.8, 4) is 0 Å². The zero-order valence-corrected chi connectivity index (χ0v) is 8.53. The van der Waals surface area contributed by atoms with Gasteiger partial charge in [0, 0.05) is 12.0 Å². The molecule has 0 amide bonds. The van der Waals surface area contributed by atoms with Gasteiger partial charge in [0.25, 0.3) is 0 Å². The van der Waals surface area contributed by atoms with Crippen molar-refractivity contribution in [1.82, 2.24) is 0 Å². The lowest BCUT2D eigenvalue weighted by Crippen LogP contribution is -2.19. The van der Waals surface area contributed by atoms with Crippen LogP contribution in [0.3, 0.4) is 0 Å². The monoisotopic (exact) mass is 204 g/mol. The largest absolute Gasteiger partial charge is 0.465 e. The average Bonchev–Trinajstić information content (AvgIpc) is 2.63. The quantitative estimate of drug-likeness (QED) is 0.418. The molecule has 1 aromatic carbocycles. The molecule has 0 N–H and O–H groups in total. The minimum atomic E-state index is -0.591. The van der Waals surface area contributed by atoms with E-state index in [-0.39, 0.29) is 11.8 Å². The second kappa shape index (κ2) is 3.85. The molecule has 1 unspecified atom stereocenters. The van der Waals surface area contributed by atoms with Crippen LogP contribution in [-0.4, -0.2) is 18.4 Å². The summed E-state index contributed by atoms with van der Waals surface area (Å²) >= 11 is 0. The number of esters is 1. The zero-order valence-electron chi connectivity index (χ0n) is 8.53. The lowest BCUT2D eigenvalue weighted by atomic mass is 9.95. The first kappa shape index (κ1) is 9.90. The molecule has 15 heavy (non-hydrogen) atoms. The van der Waals surface area contributed by atoms with Crippen molar-refractivity contribution in [2.75, 3.05) is 6.61 Å². The van der Waals surface area contributed by atoms with Gasteiger partial charge in [0.1, 0.15) is 5.92 Å². The van der Waals surface area contributed by atoms with Crippen molar-refractivity contribution in [2.45, 2.75) is 13.3 Å². The highest BCUT2D eigenvalue weighted by atomic mass is 16.5. The van der Waals surface area contributed by atoms with Gasteiger partial charge in [-0.2, -0.15) is 0 Å². The first-order chi connectivity index (χ1) is 7.18. The Bertz CT molecular complexity index is 409. The van der Waals surface area contributed by atoms with Crippen molar-refractivity contribution in [3.05, 3.63) is 35.4 Å². The van der Waals surface area contributed by atoms with E-state index in [9.17, 15) is 9.59 Å². The van der Waals surface area contributed by atoms with Gasteiger partial charge in [-0.25, -0.2) is 0 Å². The van der Waals surface area contributed by atoms with E-state index in [1.165, 1.54) is 0 Å². The molecular weight excluding hydrogens is 192 g/mol. The number of carbonyl (C=O) groups excluding carboxylic acids is 2. The molecule has 0 saturated carbocycles. The van der Waals surface area contributed by atoms with Crippen molar-refractivity contribution in [3.63, 3.8) is 0 Å². The summed E-state index contributed by atoms with van der Waals surface area (Å²) in [5, 5.41) is 0. The molecule has 0 bridgehead atoms. The molecule has 1 saturated heterocycles. The van der Waals surface area contributed by atoms with E-state index < -0.39 is 5.92 Å². The Morgan fingerprint density at radius 1 is 1.47 bits per heavy atom. The van der Waals surface area contributed by atoms with Crippen LogP contribution in [0.15, 0.2) is 24.3 Å². The summed E-state index contributed by atoms with van der Waals surface area (Å²) in [4.78, 5) is 23.1. The van der Waals surface area contributed by atoms with Gasteiger partial charge in [-0.15, -0.1) is 0 Å². The number of ether oxygens (including phenoxy) is 1. The third-order valence-corrected chi connectivity index (χ3v) is 2.55. The molecule has 1 aliphatic rings. The van der Waals surface area contributed by atoms with Gasteiger partial charge in [-0.3, -0.25) is 9.59 Å². The molecule has 78 valence electrons. The van der Waals surface area contributed by atoms with E-state index in [1.807, 2.05) is 19.1 Å². The third kappa shape index (κ3) is 1.91. The molecule has 1 atom stereocenters.